The zero-order chi connectivity index (χ0) is 11.1. The Morgan fingerprint density at radius 1 is 1.40 bits per heavy atom. The Hall–Kier alpha value is -0.670. The molecule has 0 amide bonds. The zero-order valence-electron chi connectivity index (χ0n) is 9.02. The SMILES string of the molecule is CCCCOCC(S)c1ccccc1O. The summed E-state index contributed by atoms with van der Waals surface area (Å²) in [6.07, 6.45) is 2.20. The number of hydrogen-bond donors (Lipinski definition) is 2. The van der Waals surface area contributed by atoms with Gasteiger partial charge in [-0.05, 0) is 12.5 Å². The minimum Gasteiger partial charge on any atom is -0.508 e. The highest BCUT2D eigenvalue weighted by molar-refractivity contribution is 7.80. The molecule has 0 saturated carbocycles. The lowest BCUT2D eigenvalue weighted by molar-refractivity contribution is 0.132. The smallest absolute Gasteiger partial charge is 0.119 e. The molecule has 0 saturated heterocycles. The van der Waals surface area contributed by atoms with Crippen LogP contribution in [0.5, 0.6) is 5.75 Å². The van der Waals surface area contributed by atoms with E-state index in [9.17, 15) is 5.11 Å². The Kier molecular flexibility index (Phi) is 5.58. The molecule has 1 aromatic rings. The Morgan fingerprint density at radius 2 is 2.13 bits per heavy atom. The van der Waals surface area contributed by atoms with E-state index < -0.39 is 0 Å². The fraction of sp³-hybridized carbons (Fsp3) is 0.500. The first-order valence-corrected chi connectivity index (χ1v) is 5.81. The van der Waals surface area contributed by atoms with E-state index in [0.29, 0.717) is 6.61 Å². The maximum Gasteiger partial charge on any atom is 0.119 e. The number of benzene rings is 1. The fourth-order valence-electron chi connectivity index (χ4n) is 1.30. The van der Waals surface area contributed by atoms with Crippen molar-refractivity contribution in [3.05, 3.63) is 29.8 Å². The lowest BCUT2D eigenvalue weighted by atomic mass is 10.1. The zero-order valence-corrected chi connectivity index (χ0v) is 9.91. The van der Waals surface area contributed by atoms with Gasteiger partial charge in [0.15, 0.2) is 0 Å². The molecule has 0 aliphatic heterocycles. The van der Waals surface area contributed by atoms with Gasteiger partial charge in [-0.15, -0.1) is 0 Å². The number of rotatable bonds is 6. The number of thiol groups is 1. The lowest BCUT2D eigenvalue weighted by Gasteiger charge is -2.12. The van der Waals surface area contributed by atoms with Crippen molar-refractivity contribution in [2.24, 2.45) is 0 Å². The van der Waals surface area contributed by atoms with Crippen LogP contribution in [0, 0.1) is 0 Å². The minimum absolute atomic E-state index is 0.0527. The van der Waals surface area contributed by atoms with Gasteiger partial charge in [0.05, 0.1) is 11.9 Å². The fourth-order valence-corrected chi connectivity index (χ4v) is 1.62. The summed E-state index contributed by atoms with van der Waals surface area (Å²) in [4.78, 5) is 0. The molecule has 15 heavy (non-hydrogen) atoms. The van der Waals surface area contributed by atoms with E-state index in [1.165, 1.54) is 0 Å². The highest BCUT2D eigenvalue weighted by Gasteiger charge is 2.10. The molecule has 1 unspecified atom stereocenters. The van der Waals surface area contributed by atoms with Gasteiger partial charge in [0.1, 0.15) is 5.75 Å². The monoisotopic (exact) mass is 226 g/mol. The van der Waals surface area contributed by atoms with Crippen LogP contribution in [0.2, 0.25) is 0 Å². The van der Waals surface area contributed by atoms with Crippen LogP contribution >= 0.6 is 12.6 Å². The number of para-hydroxylation sites is 1. The summed E-state index contributed by atoms with van der Waals surface area (Å²) in [6.45, 7) is 3.44. The molecule has 1 N–H and O–H groups in total. The second kappa shape index (κ2) is 6.75. The van der Waals surface area contributed by atoms with Crippen LogP contribution < -0.4 is 0 Å². The van der Waals surface area contributed by atoms with Crippen LogP contribution in [-0.4, -0.2) is 18.3 Å². The van der Waals surface area contributed by atoms with Gasteiger partial charge >= 0.3 is 0 Å². The van der Waals surface area contributed by atoms with Crippen LogP contribution in [0.3, 0.4) is 0 Å². The van der Waals surface area contributed by atoms with E-state index in [1.807, 2.05) is 12.1 Å². The molecular formula is C12H18O2S. The van der Waals surface area contributed by atoms with Gasteiger partial charge in [0.2, 0.25) is 0 Å². The second-order valence-corrected chi connectivity index (χ2v) is 4.13. The second-order valence-electron chi connectivity index (χ2n) is 3.50. The van der Waals surface area contributed by atoms with Gasteiger partial charge in [0.25, 0.3) is 0 Å². The predicted octanol–water partition coefficient (Wildman–Crippen LogP) is 3.18. The molecule has 1 aromatic carbocycles. The van der Waals surface area contributed by atoms with E-state index in [4.69, 9.17) is 4.74 Å². The molecule has 0 bridgehead atoms. The predicted molar refractivity (Wildman–Crippen MR) is 65.6 cm³/mol. The molecule has 0 aromatic heterocycles. The lowest BCUT2D eigenvalue weighted by Crippen LogP contribution is -2.03. The van der Waals surface area contributed by atoms with E-state index in [-0.39, 0.29) is 11.0 Å². The first-order chi connectivity index (χ1) is 7.25. The quantitative estimate of drug-likeness (QED) is 0.576. The summed E-state index contributed by atoms with van der Waals surface area (Å²) in [7, 11) is 0. The van der Waals surface area contributed by atoms with Crippen molar-refractivity contribution in [2.75, 3.05) is 13.2 Å². The Balaban J connectivity index is 2.40. The van der Waals surface area contributed by atoms with Crippen molar-refractivity contribution in [2.45, 2.75) is 25.0 Å². The molecule has 0 aliphatic rings. The average molecular weight is 226 g/mol. The average Bonchev–Trinajstić information content (AvgIpc) is 2.25. The van der Waals surface area contributed by atoms with E-state index in [1.54, 1.807) is 12.1 Å². The third-order valence-electron chi connectivity index (χ3n) is 2.21. The van der Waals surface area contributed by atoms with Crippen LogP contribution in [-0.2, 0) is 4.74 Å². The summed E-state index contributed by atoms with van der Waals surface area (Å²) < 4.78 is 5.46. The van der Waals surface area contributed by atoms with Crippen molar-refractivity contribution in [3.8, 4) is 5.75 Å². The van der Waals surface area contributed by atoms with Crippen molar-refractivity contribution in [1.29, 1.82) is 0 Å². The van der Waals surface area contributed by atoms with Crippen molar-refractivity contribution < 1.29 is 9.84 Å². The minimum atomic E-state index is -0.0527. The molecule has 0 heterocycles. The van der Waals surface area contributed by atoms with Gasteiger partial charge in [-0.2, -0.15) is 12.6 Å². The maximum absolute atomic E-state index is 9.58. The van der Waals surface area contributed by atoms with Crippen LogP contribution in [0.25, 0.3) is 0 Å². The highest BCUT2D eigenvalue weighted by atomic mass is 32.1. The summed E-state index contributed by atoms with van der Waals surface area (Å²) in [5, 5.41) is 9.53. The van der Waals surface area contributed by atoms with E-state index in [0.717, 1.165) is 25.0 Å². The third kappa shape index (κ3) is 4.14. The van der Waals surface area contributed by atoms with Crippen molar-refractivity contribution in [1.82, 2.24) is 0 Å². The molecule has 84 valence electrons. The van der Waals surface area contributed by atoms with Crippen LogP contribution in [0.1, 0.15) is 30.6 Å². The highest BCUT2D eigenvalue weighted by Crippen LogP contribution is 2.28. The molecule has 0 spiro atoms. The van der Waals surface area contributed by atoms with Crippen molar-refractivity contribution >= 4 is 12.6 Å². The van der Waals surface area contributed by atoms with E-state index in [2.05, 4.69) is 19.6 Å². The Morgan fingerprint density at radius 3 is 2.80 bits per heavy atom. The molecule has 2 nitrogen and oxygen atoms in total. The summed E-state index contributed by atoms with van der Waals surface area (Å²) in [5.41, 5.74) is 0.831. The topological polar surface area (TPSA) is 29.5 Å². The van der Waals surface area contributed by atoms with Gasteiger partial charge in [0, 0.05) is 12.2 Å². The largest absolute Gasteiger partial charge is 0.508 e. The summed E-state index contributed by atoms with van der Waals surface area (Å²) >= 11 is 4.41. The molecule has 1 atom stereocenters. The molecule has 0 radical (unpaired) electrons. The first-order valence-electron chi connectivity index (χ1n) is 5.29. The number of aromatic hydroxyl groups is 1. The normalized spacial score (nSPS) is 12.7. The summed E-state index contributed by atoms with van der Waals surface area (Å²) in [6, 6.07) is 7.24. The Labute approximate surface area is 96.7 Å². The van der Waals surface area contributed by atoms with Crippen LogP contribution in [0.4, 0.5) is 0 Å². The number of unbranched alkanes of at least 4 members (excludes halogenated alkanes) is 1. The first kappa shape index (κ1) is 12.4. The standard InChI is InChI=1S/C12H18O2S/c1-2-3-8-14-9-12(15)10-6-4-5-7-11(10)13/h4-7,12-13,15H,2-3,8-9H2,1H3. The number of ether oxygens (including phenoxy) is 1. The van der Waals surface area contributed by atoms with E-state index >= 15 is 0 Å². The molecular weight excluding hydrogens is 208 g/mol. The number of phenolic OH excluding ortho intramolecular Hbond substituents is 1. The van der Waals surface area contributed by atoms with Crippen LogP contribution in [0.15, 0.2) is 24.3 Å². The Bertz CT molecular complexity index is 289. The number of phenols is 1. The molecule has 0 aliphatic carbocycles. The molecule has 1 rings (SSSR count). The van der Waals surface area contributed by atoms with Gasteiger partial charge < -0.3 is 9.84 Å². The summed E-state index contributed by atoms with van der Waals surface area (Å²) in [5.74, 6) is 0.289. The van der Waals surface area contributed by atoms with Gasteiger partial charge in [-0.1, -0.05) is 31.5 Å². The van der Waals surface area contributed by atoms with Crippen molar-refractivity contribution in [3.63, 3.8) is 0 Å². The number of hydrogen-bond acceptors (Lipinski definition) is 3. The van der Waals surface area contributed by atoms with Gasteiger partial charge in [-0.25, -0.2) is 0 Å². The van der Waals surface area contributed by atoms with Gasteiger partial charge in [-0.3, -0.25) is 0 Å². The molecule has 3 heteroatoms. The maximum atomic E-state index is 9.58. The third-order valence-corrected chi connectivity index (χ3v) is 2.64. The molecule has 0 fully saturated rings.